The smallest absolute Gasteiger partial charge is 0.409 e. The van der Waals surface area contributed by atoms with Crippen LogP contribution in [0.4, 0.5) is 9.93 Å². The van der Waals surface area contributed by atoms with E-state index in [2.05, 4.69) is 4.90 Å². The molecule has 0 saturated carbocycles. The van der Waals surface area contributed by atoms with Crippen molar-refractivity contribution in [3.63, 3.8) is 0 Å². The molecule has 5 rings (SSSR count). The number of carbonyl (C=O) groups excluding carboxylic acids is 2. The quantitative estimate of drug-likeness (QED) is 0.296. The van der Waals surface area contributed by atoms with Gasteiger partial charge in [0.1, 0.15) is 5.75 Å². The Morgan fingerprint density at radius 2 is 1.69 bits per heavy atom. The van der Waals surface area contributed by atoms with E-state index in [0.29, 0.717) is 37.1 Å². The predicted molar refractivity (Wildman–Crippen MR) is 175 cm³/mol. The number of amides is 2. The number of anilines is 1. The van der Waals surface area contributed by atoms with Crippen molar-refractivity contribution >= 4 is 61.1 Å². The van der Waals surface area contributed by atoms with Crippen LogP contribution in [0.3, 0.4) is 0 Å². The number of hydrogen-bond donors (Lipinski definition) is 0. The normalized spacial score (nSPS) is 16.3. The zero-order chi connectivity index (χ0) is 31.1. The fourth-order valence-corrected chi connectivity index (χ4v) is 7.67. The van der Waals surface area contributed by atoms with E-state index < -0.39 is 16.1 Å². The van der Waals surface area contributed by atoms with E-state index in [-0.39, 0.29) is 56.0 Å². The van der Waals surface area contributed by atoms with Crippen molar-refractivity contribution in [3.05, 3.63) is 48.0 Å². The molecule has 2 fully saturated rings. The number of benzene rings is 2. The van der Waals surface area contributed by atoms with E-state index in [1.165, 1.54) is 32.7 Å². The molecule has 0 bridgehead atoms. The van der Waals surface area contributed by atoms with Gasteiger partial charge in [0.2, 0.25) is 10.0 Å². The average molecular weight is 682 g/mol. The molecule has 0 unspecified atom stereocenters. The number of carbonyl (C=O) groups is 2. The highest BCUT2D eigenvalue weighted by molar-refractivity contribution is 7.89. The van der Waals surface area contributed by atoms with E-state index in [1.807, 2.05) is 25.1 Å². The number of ether oxygens (including phenoxy) is 3. The zero-order valence-corrected chi connectivity index (χ0v) is 28.0. The Morgan fingerprint density at radius 1 is 0.978 bits per heavy atom. The molecule has 0 N–H and O–H groups in total. The molecule has 2 saturated heterocycles. The van der Waals surface area contributed by atoms with Gasteiger partial charge in [0.25, 0.3) is 5.91 Å². The molecule has 3 aromatic rings. The van der Waals surface area contributed by atoms with Gasteiger partial charge in [-0.05, 0) is 62.7 Å². The molecule has 246 valence electrons. The molecule has 45 heavy (non-hydrogen) atoms. The SMILES string of the molecule is CCOC(=O)N1CCN(S(=O)(=O)c2ccc(C(=O)N(CCCN3CCOCC3)c3nc4ccc(OCC)cc4s3)cc2)CC1.Cl. The summed E-state index contributed by atoms with van der Waals surface area (Å²) in [7, 11) is -3.80. The molecule has 12 nitrogen and oxygen atoms in total. The molecule has 3 heterocycles. The first-order chi connectivity index (χ1) is 21.3. The minimum atomic E-state index is -3.80. The molecular weight excluding hydrogens is 642 g/mol. The lowest BCUT2D eigenvalue weighted by Crippen LogP contribution is -2.50. The molecular formula is C30H40ClN5O7S2. The summed E-state index contributed by atoms with van der Waals surface area (Å²) in [6.07, 6.45) is 0.306. The van der Waals surface area contributed by atoms with E-state index in [0.717, 1.165) is 42.0 Å². The third-order valence-corrected chi connectivity index (χ3v) is 10.6. The highest BCUT2D eigenvalue weighted by atomic mass is 35.5. The van der Waals surface area contributed by atoms with Crippen molar-refractivity contribution in [3.8, 4) is 5.75 Å². The second-order valence-electron chi connectivity index (χ2n) is 10.4. The van der Waals surface area contributed by atoms with Gasteiger partial charge in [-0.15, -0.1) is 12.4 Å². The molecule has 2 aliphatic heterocycles. The molecule has 2 aliphatic rings. The first-order valence-electron chi connectivity index (χ1n) is 15.0. The highest BCUT2D eigenvalue weighted by Crippen LogP contribution is 2.32. The standard InChI is InChI=1S/C30H39N5O7S2.ClH/c1-3-41-24-8-11-26-27(22-24)43-29(31-26)35(13-5-12-32-18-20-40-21-19-32)28(36)23-6-9-25(10-7-23)44(38,39)34-16-14-33(15-17-34)30(37)42-4-2;/h6-11,22H,3-5,12-21H2,1-2H3;1H. The summed E-state index contributed by atoms with van der Waals surface area (Å²) in [5, 5.41) is 0.580. The first-order valence-corrected chi connectivity index (χ1v) is 17.2. The largest absolute Gasteiger partial charge is 0.494 e. The number of piperazine rings is 1. The Kier molecular flexibility index (Phi) is 12.4. The van der Waals surface area contributed by atoms with Crippen molar-refractivity contribution in [1.82, 2.24) is 19.1 Å². The Hall–Kier alpha value is -3.01. The number of morpholine rings is 1. The second kappa shape index (κ2) is 16.0. The van der Waals surface area contributed by atoms with Gasteiger partial charge in [-0.25, -0.2) is 18.2 Å². The summed E-state index contributed by atoms with van der Waals surface area (Å²) >= 11 is 1.43. The third kappa shape index (κ3) is 8.43. The van der Waals surface area contributed by atoms with E-state index in [9.17, 15) is 18.0 Å². The maximum Gasteiger partial charge on any atom is 0.409 e. The van der Waals surface area contributed by atoms with Gasteiger partial charge in [0, 0.05) is 57.9 Å². The van der Waals surface area contributed by atoms with Gasteiger partial charge in [0.05, 0.1) is 41.5 Å². The lowest BCUT2D eigenvalue weighted by Gasteiger charge is -2.33. The van der Waals surface area contributed by atoms with Crippen LogP contribution in [0.15, 0.2) is 47.4 Å². The molecule has 15 heteroatoms. The van der Waals surface area contributed by atoms with Crippen LogP contribution in [0.2, 0.25) is 0 Å². The fraction of sp³-hybridized carbons (Fsp3) is 0.500. The van der Waals surface area contributed by atoms with E-state index >= 15 is 0 Å². The fourth-order valence-electron chi connectivity index (χ4n) is 5.23. The number of aromatic nitrogens is 1. The van der Waals surface area contributed by atoms with Crippen molar-refractivity contribution in [2.75, 3.05) is 83.7 Å². The lowest BCUT2D eigenvalue weighted by molar-refractivity contribution is 0.0376. The van der Waals surface area contributed by atoms with Crippen molar-refractivity contribution < 1.29 is 32.2 Å². The molecule has 2 amide bonds. The second-order valence-corrected chi connectivity index (χ2v) is 13.4. The van der Waals surface area contributed by atoms with E-state index in [4.69, 9.17) is 19.2 Å². The van der Waals surface area contributed by atoms with Gasteiger partial charge in [-0.3, -0.25) is 14.6 Å². The number of halogens is 1. The third-order valence-electron chi connectivity index (χ3n) is 7.60. The molecule has 0 spiro atoms. The van der Waals surface area contributed by atoms with Gasteiger partial charge in [-0.2, -0.15) is 4.31 Å². The Morgan fingerprint density at radius 3 is 2.36 bits per heavy atom. The Labute approximate surface area is 274 Å². The highest BCUT2D eigenvalue weighted by Gasteiger charge is 2.31. The number of hydrogen-bond acceptors (Lipinski definition) is 10. The predicted octanol–water partition coefficient (Wildman–Crippen LogP) is 3.95. The van der Waals surface area contributed by atoms with Crippen LogP contribution in [0.25, 0.3) is 10.2 Å². The van der Waals surface area contributed by atoms with Crippen molar-refractivity contribution in [1.29, 1.82) is 0 Å². The molecule has 1 aromatic heterocycles. The summed E-state index contributed by atoms with van der Waals surface area (Å²) in [5.74, 6) is 0.502. The molecule has 0 radical (unpaired) electrons. The van der Waals surface area contributed by atoms with Crippen molar-refractivity contribution in [2.45, 2.75) is 25.2 Å². The summed E-state index contributed by atoms with van der Waals surface area (Å²) in [5.41, 5.74) is 1.15. The number of fused-ring (bicyclic) bond motifs is 1. The summed E-state index contributed by atoms with van der Waals surface area (Å²) in [6, 6.07) is 11.7. The summed E-state index contributed by atoms with van der Waals surface area (Å²) < 4.78 is 45.1. The van der Waals surface area contributed by atoms with E-state index in [1.54, 1.807) is 24.0 Å². The Bertz CT molecular complexity index is 1540. The topological polar surface area (TPSA) is 122 Å². The zero-order valence-electron chi connectivity index (χ0n) is 25.6. The van der Waals surface area contributed by atoms with Crippen LogP contribution < -0.4 is 9.64 Å². The number of nitrogens with zero attached hydrogens (tertiary/aromatic N) is 5. The van der Waals surface area contributed by atoms with Gasteiger partial charge in [-0.1, -0.05) is 11.3 Å². The maximum atomic E-state index is 13.9. The number of thiazole rings is 1. The lowest BCUT2D eigenvalue weighted by atomic mass is 10.2. The van der Waals surface area contributed by atoms with Gasteiger partial charge >= 0.3 is 6.09 Å². The van der Waals surface area contributed by atoms with Crippen LogP contribution in [0.1, 0.15) is 30.6 Å². The van der Waals surface area contributed by atoms with Crippen molar-refractivity contribution in [2.24, 2.45) is 0 Å². The van der Waals surface area contributed by atoms with Gasteiger partial charge < -0.3 is 19.1 Å². The van der Waals surface area contributed by atoms with Crippen LogP contribution in [-0.4, -0.2) is 118 Å². The first kappa shape index (κ1) is 34.9. The summed E-state index contributed by atoms with van der Waals surface area (Å²) in [6.45, 7) is 9.75. The summed E-state index contributed by atoms with van der Waals surface area (Å²) in [4.78, 5) is 36.3. The number of rotatable bonds is 11. The van der Waals surface area contributed by atoms with Gasteiger partial charge in [0.15, 0.2) is 5.13 Å². The number of sulfonamides is 1. The molecule has 0 aliphatic carbocycles. The van der Waals surface area contributed by atoms with Crippen LogP contribution in [-0.2, 0) is 19.5 Å². The van der Waals surface area contributed by atoms with Crippen LogP contribution in [0.5, 0.6) is 5.75 Å². The van der Waals surface area contributed by atoms with Crippen LogP contribution in [0, 0.1) is 0 Å². The molecule has 0 atom stereocenters. The Balaban J connectivity index is 0.00000461. The minimum absolute atomic E-state index is 0. The maximum absolute atomic E-state index is 13.9. The van der Waals surface area contributed by atoms with Crippen LogP contribution >= 0.6 is 23.7 Å². The average Bonchev–Trinajstić information content (AvgIpc) is 3.47. The molecule has 2 aromatic carbocycles. The minimum Gasteiger partial charge on any atom is -0.494 e. The monoisotopic (exact) mass is 681 g/mol.